The Morgan fingerprint density at radius 1 is 0.907 bits per heavy atom. The summed E-state index contributed by atoms with van der Waals surface area (Å²) in [5.41, 5.74) is -1.52. The van der Waals surface area contributed by atoms with Gasteiger partial charge in [-0.2, -0.15) is 13.2 Å². The van der Waals surface area contributed by atoms with Gasteiger partial charge in [0, 0.05) is 24.0 Å². The second kappa shape index (κ2) is 17.3. The van der Waals surface area contributed by atoms with Crippen molar-refractivity contribution in [3.05, 3.63) is 70.7 Å². The van der Waals surface area contributed by atoms with E-state index < -0.39 is 58.8 Å². The number of fused-ring (bicyclic) bond motifs is 3. The van der Waals surface area contributed by atoms with Crippen molar-refractivity contribution in [2.24, 2.45) is 17.8 Å². The van der Waals surface area contributed by atoms with Gasteiger partial charge in [0.25, 0.3) is 0 Å². The fourth-order valence-corrected chi connectivity index (χ4v) is 7.54. The van der Waals surface area contributed by atoms with Crippen molar-refractivity contribution in [3.8, 4) is 0 Å². The van der Waals surface area contributed by atoms with Gasteiger partial charge in [-0.05, 0) is 79.8 Å². The summed E-state index contributed by atoms with van der Waals surface area (Å²) in [5.74, 6) is -3.24. The predicted molar refractivity (Wildman–Crippen MR) is 198 cm³/mol. The molecule has 5 atom stereocenters. The molecule has 54 heavy (non-hydrogen) atoms. The summed E-state index contributed by atoms with van der Waals surface area (Å²) in [5, 5.41) is 15.2. The minimum Gasteiger partial charge on any atom is -0.358 e. The van der Waals surface area contributed by atoms with Gasteiger partial charge in [-0.1, -0.05) is 70.9 Å². The van der Waals surface area contributed by atoms with Crippen LogP contribution >= 0.6 is 0 Å². The fraction of sp³-hybridized carbons (Fsp3) is 0.550. The zero-order chi connectivity index (χ0) is 39.2. The molecule has 0 spiro atoms. The van der Waals surface area contributed by atoms with Crippen LogP contribution in [0.2, 0.25) is 0 Å². The Hall–Kier alpha value is -4.46. The van der Waals surface area contributed by atoms with E-state index in [0.29, 0.717) is 36.6 Å². The van der Waals surface area contributed by atoms with Gasteiger partial charge in [0.2, 0.25) is 23.6 Å². The molecule has 294 valence electrons. The summed E-state index contributed by atoms with van der Waals surface area (Å²) < 4.78 is 56.6. The minimum absolute atomic E-state index is 0.00602. The summed E-state index contributed by atoms with van der Waals surface area (Å²) in [6, 6.07) is 7.61. The Kier molecular flexibility index (Phi) is 13.1. The van der Waals surface area contributed by atoms with E-state index >= 15 is 0 Å². The lowest BCUT2D eigenvalue weighted by Crippen LogP contribution is -2.67. The minimum atomic E-state index is -4.63. The zero-order valence-electron chi connectivity index (χ0n) is 31.4. The van der Waals surface area contributed by atoms with Crippen LogP contribution in [0, 0.1) is 23.6 Å². The van der Waals surface area contributed by atoms with Crippen molar-refractivity contribution in [2.45, 2.75) is 103 Å². The molecule has 1 aliphatic heterocycles. The Labute approximate surface area is 313 Å². The highest BCUT2D eigenvalue weighted by atomic mass is 19.4. The largest absolute Gasteiger partial charge is 0.418 e. The van der Waals surface area contributed by atoms with Crippen molar-refractivity contribution >= 4 is 34.5 Å². The number of hydrogen-bond acceptors (Lipinski definition) is 5. The van der Waals surface area contributed by atoms with E-state index in [2.05, 4.69) is 31.6 Å². The first kappa shape index (κ1) is 40.7. The molecule has 0 radical (unpaired) electrons. The van der Waals surface area contributed by atoms with Crippen LogP contribution in [0.25, 0.3) is 10.9 Å². The molecule has 10 nitrogen and oxygen atoms in total. The van der Waals surface area contributed by atoms with Crippen molar-refractivity contribution in [1.29, 1.82) is 0 Å². The Balaban J connectivity index is 1.47. The number of alkyl halides is 3. The molecule has 2 aromatic carbocycles. The molecule has 2 unspecified atom stereocenters. The molecule has 2 aliphatic rings. The van der Waals surface area contributed by atoms with E-state index in [9.17, 15) is 36.7 Å². The van der Waals surface area contributed by atoms with Gasteiger partial charge in [-0.25, -0.2) is 4.39 Å². The Morgan fingerprint density at radius 2 is 1.57 bits per heavy atom. The van der Waals surface area contributed by atoms with E-state index in [4.69, 9.17) is 0 Å². The number of benzene rings is 2. The summed E-state index contributed by atoms with van der Waals surface area (Å²) in [6.07, 6.45) is -2.14. The zero-order valence-corrected chi connectivity index (χ0v) is 31.4. The molecule has 1 saturated heterocycles. The number of aromatic nitrogens is 1. The first-order valence-corrected chi connectivity index (χ1v) is 19.0. The molecule has 1 aromatic heterocycles. The number of amides is 4. The van der Waals surface area contributed by atoms with Gasteiger partial charge in [0.1, 0.15) is 23.4 Å². The van der Waals surface area contributed by atoms with Gasteiger partial charge in [-0.15, -0.1) is 0 Å². The summed E-state index contributed by atoms with van der Waals surface area (Å²) in [6.45, 7) is 9.52. The molecule has 2 heterocycles. The highest BCUT2D eigenvalue weighted by Crippen LogP contribution is 2.40. The standard InChI is InChI=1S/C40H52F4N6O4/c1-5-23(3)33(36(52)46-22-25-15-18-45-19-16-25)49-38(54)39(17-14-31-28(21-39)27-11-9-12-29(35(27)47-31)40(42,43)44)50-37(53)34(24(4)6-2)48-32(51)20-26-10-7-8-13-30(26)41/h7-13,23-25,33-34,45,47H,5-6,14-22H2,1-4H3,(H,46,52)(H,48,51)(H,49,54)(H,50,53)/t23-,24?,33?,34-,39+/m0/s1. The number of carbonyl (C=O) groups is 4. The third kappa shape index (κ3) is 9.24. The summed E-state index contributed by atoms with van der Waals surface area (Å²) in [7, 11) is 0. The van der Waals surface area contributed by atoms with Crippen molar-refractivity contribution < 1.29 is 36.7 Å². The van der Waals surface area contributed by atoms with Crippen LogP contribution in [0.5, 0.6) is 0 Å². The van der Waals surface area contributed by atoms with E-state index in [0.717, 1.165) is 32.0 Å². The topological polar surface area (TPSA) is 144 Å². The second-order valence-electron chi connectivity index (χ2n) is 15.0. The molecule has 3 aromatic rings. The molecule has 6 N–H and O–H groups in total. The average molecular weight is 757 g/mol. The number of rotatable bonds is 14. The van der Waals surface area contributed by atoms with Crippen LogP contribution in [0.4, 0.5) is 17.6 Å². The molecule has 0 saturated carbocycles. The number of piperidine rings is 1. The van der Waals surface area contributed by atoms with Crippen molar-refractivity contribution in [2.75, 3.05) is 19.6 Å². The highest BCUT2D eigenvalue weighted by Gasteiger charge is 2.47. The number of nitrogens with one attached hydrogen (secondary N) is 6. The van der Waals surface area contributed by atoms with Crippen LogP contribution in [-0.4, -0.2) is 65.9 Å². The SMILES string of the molecule is CCC(C)[C@H](NC(=O)Cc1ccccc1F)C(=O)N[C@]1(C(=O)NC(C(=O)NCC2CCNCC2)[C@@H](C)CC)CCc2[nH]c3c(C(F)(F)F)cccc3c2C1. The second-order valence-corrected chi connectivity index (χ2v) is 15.0. The van der Waals surface area contributed by atoms with Crippen LogP contribution in [-0.2, 0) is 44.6 Å². The Morgan fingerprint density at radius 3 is 2.22 bits per heavy atom. The molecular weight excluding hydrogens is 704 g/mol. The highest BCUT2D eigenvalue weighted by molar-refractivity contribution is 5.99. The number of aryl methyl sites for hydroxylation is 1. The van der Waals surface area contributed by atoms with Gasteiger partial charge in [-0.3, -0.25) is 19.2 Å². The first-order valence-electron chi connectivity index (χ1n) is 19.0. The Bertz CT molecular complexity index is 1820. The lowest BCUT2D eigenvalue weighted by atomic mass is 9.78. The molecule has 4 amide bonds. The lowest BCUT2D eigenvalue weighted by molar-refractivity contribution is -0.139. The monoisotopic (exact) mass is 756 g/mol. The third-order valence-corrected chi connectivity index (χ3v) is 11.3. The van der Waals surface area contributed by atoms with E-state index in [1.54, 1.807) is 19.1 Å². The number of para-hydroxylation sites is 1. The van der Waals surface area contributed by atoms with E-state index in [1.165, 1.54) is 24.3 Å². The van der Waals surface area contributed by atoms with Crippen LogP contribution in [0.1, 0.15) is 82.2 Å². The van der Waals surface area contributed by atoms with Gasteiger partial charge < -0.3 is 31.6 Å². The summed E-state index contributed by atoms with van der Waals surface area (Å²) in [4.78, 5) is 58.9. The predicted octanol–water partition coefficient (Wildman–Crippen LogP) is 5.09. The molecular formula is C40H52F4N6O4. The molecule has 1 fully saturated rings. The normalized spacial score (nSPS) is 19.9. The van der Waals surface area contributed by atoms with E-state index in [1.807, 2.05) is 20.8 Å². The smallest absolute Gasteiger partial charge is 0.358 e. The fourth-order valence-electron chi connectivity index (χ4n) is 7.54. The quantitative estimate of drug-likeness (QED) is 0.127. The number of aromatic amines is 1. The van der Waals surface area contributed by atoms with E-state index in [-0.39, 0.29) is 54.0 Å². The maximum absolute atomic E-state index is 14.7. The van der Waals surface area contributed by atoms with Gasteiger partial charge >= 0.3 is 6.18 Å². The number of hydrogen-bond donors (Lipinski definition) is 6. The van der Waals surface area contributed by atoms with Crippen LogP contribution in [0.3, 0.4) is 0 Å². The maximum Gasteiger partial charge on any atom is 0.418 e. The van der Waals surface area contributed by atoms with Crippen molar-refractivity contribution in [3.63, 3.8) is 0 Å². The van der Waals surface area contributed by atoms with Gasteiger partial charge in [0.15, 0.2) is 0 Å². The number of H-pyrrole nitrogens is 1. The molecule has 1 aliphatic carbocycles. The van der Waals surface area contributed by atoms with Gasteiger partial charge in [0.05, 0.1) is 17.5 Å². The first-order chi connectivity index (χ1) is 25.7. The third-order valence-electron chi connectivity index (χ3n) is 11.3. The maximum atomic E-state index is 14.7. The number of halogens is 4. The average Bonchev–Trinajstić information content (AvgIpc) is 3.52. The molecule has 0 bridgehead atoms. The summed E-state index contributed by atoms with van der Waals surface area (Å²) >= 11 is 0. The lowest BCUT2D eigenvalue weighted by Gasteiger charge is -2.40. The number of carbonyl (C=O) groups excluding carboxylic acids is 4. The van der Waals surface area contributed by atoms with Crippen molar-refractivity contribution in [1.82, 2.24) is 31.6 Å². The van der Waals surface area contributed by atoms with Crippen LogP contribution < -0.4 is 26.6 Å². The van der Waals surface area contributed by atoms with Crippen LogP contribution in [0.15, 0.2) is 42.5 Å². The molecule has 5 rings (SSSR count). The molecule has 14 heteroatoms.